The van der Waals surface area contributed by atoms with Crippen LogP contribution in [-0.2, 0) is 4.79 Å². The van der Waals surface area contributed by atoms with E-state index in [1.54, 1.807) is 0 Å². The van der Waals surface area contributed by atoms with Gasteiger partial charge in [0.15, 0.2) is 0 Å². The van der Waals surface area contributed by atoms with Gasteiger partial charge in [-0.2, -0.15) is 0 Å². The molecule has 16 heavy (non-hydrogen) atoms. The van der Waals surface area contributed by atoms with Crippen LogP contribution in [0.4, 0.5) is 0 Å². The molecule has 0 amide bonds. The molecular weight excluding hydrogens is 202 g/mol. The van der Waals surface area contributed by atoms with Crippen molar-refractivity contribution >= 4 is 5.97 Å². The van der Waals surface area contributed by atoms with Crippen molar-refractivity contribution in [3.8, 4) is 0 Å². The summed E-state index contributed by atoms with van der Waals surface area (Å²) < 4.78 is 0. The van der Waals surface area contributed by atoms with Crippen LogP contribution in [0.2, 0.25) is 0 Å². The third-order valence-electron chi connectivity index (χ3n) is 3.36. The molecule has 0 aromatic heterocycles. The maximum Gasteiger partial charge on any atom is 0.303 e. The number of nitrogens with one attached hydrogen (secondary N) is 1. The van der Waals surface area contributed by atoms with Crippen molar-refractivity contribution in [3.05, 3.63) is 0 Å². The summed E-state index contributed by atoms with van der Waals surface area (Å²) in [5.41, 5.74) is 0. The fourth-order valence-electron chi connectivity index (χ4n) is 2.37. The topological polar surface area (TPSA) is 49.3 Å². The second-order valence-electron chi connectivity index (χ2n) is 4.85. The van der Waals surface area contributed by atoms with Gasteiger partial charge < -0.3 is 10.4 Å². The van der Waals surface area contributed by atoms with E-state index in [-0.39, 0.29) is 0 Å². The Labute approximate surface area is 98.6 Å². The minimum absolute atomic E-state index is 0.329. The van der Waals surface area contributed by atoms with Gasteiger partial charge in [-0.15, -0.1) is 0 Å². The monoisotopic (exact) mass is 227 g/mol. The third-order valence-corrected chi connectivity index (χ3v) is 3.36. The lowest BCUT2D eigenvalue weighted by Crippen LogP contribution is -2.31. The van der Waals surface area contributed by atoms with Crippen LogP contribution in [0.1, 0.15) is 64.2 Å². The van der Waals surface area contributed by atoms with Gasteiger partial charge in [0.2, 0.25) is 0 Å². The lowest BCUT2D eigenvalue weighted by atomic mass is 9.95. The van der Waals surface area contributed by atoms with Crippen molar-refractivity contribution in [1.82, 2.24) is 5.32 Å². The van der Waals surface area contributed by atoms with E-state index in [0.29, 0.717) is 6.42 Å². The van der Waals surface area contributed by atoms with Gasteiger partial charge in [-0.1, -0.05) is 32.1 Å². The van der Waals surface area contributed by atoms with E-state index >= 15 is 0 Å². The highest BCUT2D eigenvalue weighted by Gasteiger charge is 2.11. The molecular formula is C13H25NO2. The van der Waals surface area contributed by atoms with E-state index in [9.17, 15) is 4.79 Å². The summed E-state index contributed by atoms with van der Waals surface area (Å²) in [5.74, 6) is -0.666. The van der Waals surface area contributed by atoms with Gasteiger partial charge in [0.05, 0.1) is 0 Å². The molecule has 3 heteroatoms. The normalized spacial score (nSPS) is 17.5. The molecule has 0 atom stereocenters. The number of carboxylic acid groups (broad SMARTS) is 1. The Morgan fingerprint density at radius 3 is 2.44 bits per heavy atom. The summed E-state index contributed by atoms with van der Waals surface area (Å²) in [6.45, 7) is 1.11. The van der Waals surface area contributed by atoms with E-state index in [1.165, 1.54) is 38.5 Å². The molecule has 1 aliphatic carbocycles. The lowest BCUT2D eigenvalue weighted by molar-refractivity contribution is -0.137. The zero-order valence-electron chi connectivity index (χ0n) is 10.2. The molecule has 2 N–H and O–H groups in total. The average molecular weight is 227 g/mol. The van der Waals surface area contributed by atoms with Gasteiger partial charge in [-0.05, 0) is 32.2 Å². The van der Waals surface area contributed by atoms with Gasteiger partial charge in [-0.3, -0.25) is 4.79 Å². The quantitative estimate of drug-likeness (QED) is 0.627. The molecule has 0 heterocycles. The van der Waals surface area contributed by atoms with Gasteiger partial charge in [-0.25, -0.2) is 0 Å². The Morgan fingerprint density at radius 1 is 1.06 bits per heavy atom. The predicted molar refractivity (Wildman–Crippen MR) is 65.6 cm³/mol. The van der Waals surface area contributed by atoms with Crippen molar-refractivity contribution < 1.29 is 9.90 Å². The zero-order valence-corrected chi connectivity index (χ0v) is 10.2. The SMILES string of the molecule is O=C(O)CCCCCCNC1CCCCC1. The number of rotatable bonds is 8. The summed E-state index contributed by atoms with van der Waals surface area (Å²) >= 11 is 0. The van der Waals surface area contributed by atoms with Crippen molar-refractivity contribution in [1.29, 1.82) is 0 Å². The van der Waals surface area contributed by atoms with Crippen LogP contribution in [0, 0.1) is 0 Å². The Hall–Kier alpha value is -0.570. The summed E-state index contributed by atoms with van der Waals surface area (Å²) in [5, 5.41) is 12.1. The van der Waals surface area contributed by atoms with Crippen LogP contribution in [0.25, 0.3) is 0 Å². The average Bonchev–Trinajstić information content (AvgIpc) is 2.29. The highest BCUT2D eigenvalue weighted by Crippen LogP contribution is 2.17. The second kappa shape index (κ2) is 8.57. The number of hydrogen-bond acceptors (Lipinski definition) is 2. The fourth-order valence-corrected chi connectivity index (χ4v) is 2.37. The zero-order chi connectivity index (χ0) is 11.6. The minimum atomic E-state index is -0.666. The summed E-state index contributed by atoms with van der Waals surface area (Å²) in [6, 6.07) is 0.757. The summed E-state index contributed by atoms with van der Waals surface area (Å²) in [4.78, 5) is 10.3. The third kappa shape index (κ3) is 6.83. The van der Waals surface area contributed by atoms with Crippen LogP contribution in [-0.4, -0.2) is 23.7 Å². The Balaban J connectivity index is 1.82. The van der Waals surface area contributed by atoms with Crippen LogP contribution in [0.5, 0.6) is 0 Å². The Kier molecular flexibility index (Phi) is 7.23. The fraction of sp³-hybridized carbons (Fsp3) is 0.923. The molecule has 0 aliphatic heterocycles. The molecule has 1 rings (SSSR count). The Morgan fingerprint density at radius 2 is 1.75 bits per heavy atom. The van der Waals surface area contributed by atoms with E-state index in [4.69, 9.17) is 5.11 Å². The van der Waals surface area contributed by atoms with Crippen molar-refractivity contribution in [3.63, 3.8) is 0 Å². The first-order valence-corrected chi connectivity index (χ1v) is 6.74. The predicted octanol–water partition coefficient (Wildman–Crippen LogP) is 2.94. The van der Waals surface area contributed by atoms with Crippen LogP contribution in [0.3, 0.4) is 0 Å². The second-order valence-corrected chi connectivity index (χ2v) is 4.85. The van der Waals surface area contributed by atoms with E-state index in [2.05, 4.69) is 5.32 Å². The highest BCUT2D eigenvalue weighted by atomic mass is 16.4. The smallest absolute Gasteiger partial charge is 0.303 e. The molecule has 1 saturated carbocycles. The molecule has 0 aromatic carbocycles. The van der Waals surface area contributed by atoms with Crippen molar-refractivity contribution in [2.45, 2.75) is 70.3 Å². The molecule has 0 unspecified atom stereocenters. The molecule has 0 bridgehead atoms. The van der Waals surface area contributed by atoms with Crippen LogP contribution < -0.4 is 5.32 Å². The Bertz CT molecular complexity index is 188. The summed E-state index contributed by atoms with van der Waals surface area (Å²) in [6.07, 6.45) is 11.4. The first-order chi connectivity index (χ1) is 7.79. The number of carboxylic acids is 1. The minimum Gasteiger partial charge on any atom is -0.481 e. The molecule has 0 radical (unpaired) electrons. The first-order valence-electron chi connectivity index (χ1n) is 6.74. The first kappa shape index (κ1) is 13.5. The number of unbranched alkanes of at least 4 members (excludes halogenated alkanes) is 3. The number of aliphatic carboxylic acids is 1. The molecule has 1 aliphatic rings. The van der Waals surface area contributed by atoms with Gasteiger partial charge in [0.25, 0.3) is 0 Å². The number of carbonyl (C=O) groups is 1. The van der Waals surface area contributed by atoms with E-state index in [0.717, 1.165) is 31.8 Å². The van der Waals surface area contributed by atoms with Crippen molar-refractivity contribution in [2.24, 2.45) is 0 Å². The molecule has 94 valence electrons. The highest BCUT2D eigenvalue weighted by molar-refractivity contribution is 5.66. The lowest BCUT2D eigenvalue weighted by Gasteiger charge is -2.22. The molecule has 1 fully saturated rings. The molecule has 3 nitrogen and oxygen atoms in total. The molecule has 0 spiro atoms. The molecule has 0 aromatic rings. The van der Waals surface area contributed by atoms with Crippen molar-refractivity contribution in [2.75, 3.05) is 6.54 Å². The van der Waals surface area contributed by atoms with Crippen LogP contribution in [0.15, 0.2) is 0 Å². The maximum absolute atomic E-state index is 10.3. The molecule has 0 saturated heterocycles. The summed E-state index contributed by atoms with van der Waals surface area (Å²) in [7, 11) is 0. The standard InChI is InChI=1S/C13H25NO2/c15-13(16)10-6-1-2-7-11-14-12-8-4-3-5-9-12/h12,14H,1-11H2,(H,15,16). The van der Waals surface area contributed by atoms with E-state index < -0.39 is 5.97 Å². The van der Waals surface area contributed by atoms with Gasteiger partial charge in [0.1, 0.15) is 0 Å². The van der Waals surface area contributed by atoms with Crippen LogP contribution >= 0.6 is 0 Å². The maximum atomic E-state index is 10.3. The van der Waals surface area contributed by atoms with Gasteiger partial charge >= 0.3 is 5.97 Å². The van der Waals surface area contributed by atoms with E-state index in [1.807, 2.05) is 0 Å². The van der Waals surface area contributed by atoms with Gasteiger partial charge in [0, 0.05) is 12.5 Å². The number of hydrogen-bond donors (Lipinski definition) is 2. The largest absolute Gasteiger partial charge is 0.481 e.